The molecule has 0 N–H and O–H groups in total. The van der Waals surface area contributed by atoms with Gasteiger partial charge in [-0.1, -0.05) is 11.6 Å². The summed E-state index contributed by atoms with van der Waals surface area (Å²) in [6.45, 7) is 0. The molecule has 0 unspecified atom stereocenters. The number of rotatable bonds is 2. The van der Waals surface area contributed by atoms with Crippen molar-refractivity contribution in [3.63, 3.8) is 0 Å². The number of halogens is 1. The molecule has 5 nitrogen and oxygen atoms in total. The zero-order valence-corrected chi connectivity index (χ0v) is 9.99. The molecule has 0 aromatic carbocycles. The first-order valence-corrected chi connectivity index (χ1v) is 5.65. The van der Waals surface area contributed by atoms with Crippen molar-refractivity contribution in [2.75, 3.05) is 0 Å². The SMILES string of the molecule is Clc1cc(-c2ncn(-c3ccncc3)n2)ccn1. The van der Waals surface area contributed by atoms with Gasteiger partial charge in [0, 0.05) is 24.2 Å². The molecule has 0 spiro atoms. The molecule has 0 saturated carbocycles. The lowest BCUT2D eigenvalue weighted by Gasteiger charge is -1.98. The molecule has 6 heteroatoms. The summed E-state index contributed by atoms with van der Waals surface area (Å²) in [5.41, 5.74) is 1.74. The Morgan fingerprint density at radius 2 is 1.83 bits per heavy atom. The van der Waals surface area contributed by atoms with E-state index in [1.165, 1.54) is 0 Å². The molecule has 0 amide bonds. The molecular formula is C12H8ClN5. The van der Waals surface area contributed by atoms with Crippen molar-refractivity contribution in [3.8, 4) is 17.1 Å². The van der Waals surface area contributed by atoms with Gasteiger partial charge < -0.3 is 0 Å². The molecule has 3 heterocycles. The predicted molar refractivity (Wildman–Crippen MR) is 67.4 cm³/mol. The van der Waals surface area contributed by atoms with Crippen molar-refractivity contribution >= 4 is 11.6 Å². The fourth-order valence-electron chi connectivity index (χ4n) is 1.56. The number of hydrogen-bond acceptors (Lipinski definition) is 4. The lowest BCUT2D eigenvalue weighted by Crippen LogP contribution is -1.94. The first kappa shape index (κ1) is 10.9. The van der Waals surface area contributed by atoms with Crippen LogP contribution in [0.5, 0.6) is 0 Å². The van der Waals surface area contributed by atoms with Gasteiger partial charge in [-0.3, -0.25) is 4.98 Å². The topological polar surface area (TPSA) is 56.5 Å². The molecule has 3 aromatic rings. The smallest absolute Gasteiger partial charge is 0.181 e. The fraction of sp³-hybridized carbons (Fsp3) is 0. The van der Waals surface area contributed by atoms with Crippen LogP contribution in [0.25, 0.3) is 17.1 Å². The van der Waals surface area contributed by atoms with Crippen LogP contribution in [-0.4, -0.2) is 24.7 Å². The molecule has 88 valence electrons. The molecule has 3 rings (SSSR count). The second-order valence-electron chi connectivity index (χ2n) is 3.59. The minimum Gasteiger partial charge on any atom is -0.265 e. The van der Waals surface area contributed by atoms with Gasteiger partial charge in [-0.15, -0.1) is 5.10 Å². The van der Waals surface area contributed by atoms with E-state index in [1.807, 2.05) is 18.2 Å². The van der Waals surface area contributed by atoms with Gasteiger partial charge in [0.25, 0.3) is 0 Å². The molecule has 0 aliphatic carbocycles. The highest BCUT2D eigenvalue weighted by Gasteiger charge is 2.06. The Bertz CT molecular complexity index is 665. The van der Waals surface area contributed by atoms with Crippen molar-refractivity contribution in [3.05, 3.63) is 54.3 Å². The van der Waals surface area contributed by atoms with Gasteiger partial charge in [0.15, 0.2) is 5.82 Å². The summed E-state index contributed by atoms with van der Waals surface area (Å²) in [6.07, 6.45) is 6.70. The maximum absolute atomic E-state index is 5.84. The minimum absolute atomic E-state index is 0.424. The summed E-state index contributed by atoms with van der Waals surface area (Å²) in [5, 5.41) is 4.81. The molecule has 18 heavy (non-hydrogen) atoms. The Morgan fingerprint density at radius 3 is 2.61 bits per heavy atom. The Balaban J connectivity index is 2.00. The largest absolute Gasteiger partial charge is 0.265 e. The summed E-state index contributed by atoms with van der Waals surface area (Å²) in [7, 11) is 0. The van der Waals surface area contributed by atoms with Crippen LogP contribution in [0.3, 0.4) is 0 Å². The summed E-state index contributed by atoms with van der Waals surface area (Å²) < 4.78 is 1.69. The minimum atomic E-state index is 0.424. The highest BCUT2D eigenvalue weighted by Crippen LogP contribution is 2.17. The third-order valence-corrected chi connectivity index (χ3v) is 2.61. The second kappa shape index (κ2) is 4.54. The molecule has 0 fully saturated rings. The fourth-order valence-corrected chi connectivity index (χ4v) is 1.73. The third kappa shape index (κ3) is 2.08. The van der Waals surface area contributed by atoms with Crippen LogP contribution in [0.4, 0.5) is 0 Å². The number of pyridine rings is 2. The van der Waals surface area contributed by atoms with Crippen LogP contribution in [-0.2, 0) is 0 Å². The monoisotopic (exact) mass is 257 g/mol. The molecule has 0 radical (unpaired) electrons. The Kier molecular flexibility index (Phi) is 2.74. The zero-order chi connectivity index (χ0) is 12.4. The van der Waals surface area contributed by atoms with Gasteiger partial charge in [-0.05, 0) is 24.3 Å². The van der Waals surface area contributed by atoms with Crippen LogP contribution in [0, 0.1) is 0 Å². The molecule has 0 bridgehead atoms. The van der Waals surface area contributed by atoms with Crippen molar-refractivity contribution < 1.29 is 0 Å². The molecular weight excluding hydrogens is 250 g/mol. The first-order valence-electron chi connectivity index (χ1n) is 5.27. The van der Waals surface area contributed by atoms with Crippen molar-refractivity contribution in [2.45, 2.75) is 0 Å². The lowest BCUT2D eigenvalue weighted by atomic mass is 10.2. The Morgan fingerprint density at radius 1 is 1.00 bits per heavy atom. The van der Waals surface area contributed by atoms with Gasteiger partial charge in [-0.2, -0.15) is 0 Å². The zero-order valence-electron chi connectivity index (χ0n) is 9.23. The van der Waals surface area contributed by atoms with Gasteiger partial charge in [0.1, 0.15) is 11.5 Å². The van der Waals surface area contributed by atoms with E-state index in [4.69, 9.17) is 11.6 Å². The molecule has 3 aromatic heterocycles. The van der Waals surface area contributed by atoms with Crippen molar-refractivity contribution in [1.29, 1.82) is 0 Å². The maximum Gasteiger partial charge on any atom is 0.181 e. The Hall–Kier alpha value is -2.27. The summed E-state index contributed by atoms with van der Waals surface area (Å²) in [4.78, 5) is 12.1. The lowest BCUT2D eigenvalue weighted by molar-refractivity contribution is 0.879. The average Bonchev–Trinajstić information content (AvgIpc) is 2.89. The van der Waals surface area contributed by atoms with E-state index >= 15 is 0 Å². The van der Waals surface area contributed by atoms with Crippen molar-refractivity contribution in [2.24, 2.45) is 0 Å². The first-order chi connectivity index (χ1) is 8.83. The van der Waals surface area contributed by atoms with Crippen LogP contribution in [0.15, 0.2) is 49.2 Å². The van der Waals surface area contributed by atoms with E-state index < -0.39 is 0 Å². The van der Waals surface area contributed by atoms with Crippen LogP contribution in [0.1, 0.15) is 0 Å². The summed E-state index contributed by atoms with van der Waals surface area (Å²) in [5.74, 6) is 0.608. The van der Waals surface area contributed by atoms with Gasteiger partial charge in [0.05, 0.1) is 5.69 Å². The quantitative estimate of drug-likeness (QED) is 0.662. The van der Waals surface area contributed by atoms with Crippen LogP contribution < -0.4 is 0 Å². The van der Waals surface area contributed by atoms with E-state index in [-0.39, 0.29) is 0 Å². The highest BCUT2D eigenvalue weighted by atomic mass is 35.5. The molecule has 0 aliphatic rings. The third-order valence-electron chi connectivity index (χ3n) is 2.40. The van der Waals surface area contributed by atoms with Gasteiger partial charge in [-0.25, -0.2) is 14.6 Å². The second-order valence-corrected chi connectivity index (χ2v) is 3.97. The standard InChI is InChI=1S/C12H8ClN5/c13-11-7-9(1-6-15-11)12-16-8-18(17-12)10-2-4-14-5-3-10/h1-8H. The number of aromatic nitrogens is 5. The molecule has 0 saturated heterocycles. The van der Waals surface area contributed by atoms with E-state index in [0.29, 0.717) is 11.0 Å². The van der Waals surface area contributed by atoms with Crippen LogP contribution in [0.2, 0.25) is 5.15 Å². The van der Waals surface area contributed by atoms with E-state index in [1.54, 1.807) is 35.7 Å². The summed E-state index contributed by atoms with van der Waals surface area (Å²) >= 11 is 5.84. The van der Waals surface area contributed by atoms with E-state index in [9.17, 15) is 0 Å². The Labute approximate surface area is 108 Å². The highest BCUT2D eigenvalue weighted by molar-refractivity contribution is 6.29. The average molecular weight is 258 g/mol. The van der Waals surface area contributed by atoms with E-state index in [2.05, 4.69) is 20.1 Å². The number of nitrogens with zero attached hydrogens (tertiary/aromatic N) is 5. The summed E-state index contributed by atoms with van der Waals surface area (Å²) in [6, 6.07) is 7.27. The maximum atomic E-state index is 5.84. The molecule has 0 aliphatic heterocycles. The number of hydrogen-bond donors (Lipinski definition) is 0. The van der Waals surface area contributed by atoms with Crippen molar-refractivity contribution in [1.82, 2.24) is 24.7 Å². The van der Waals surface area contributed by atoms with Crippen LogP contribution >= 0.6 is 11.6 Å². The van der Waals surface area contributed by atoms with E-state index in [0.717, 1.165) is 11.3 Å². The molecule has 0 atom stereocenters. The van der Waals surface area contributed by atoms with Gasteiger partial charge >= 0.3 is 0 Å². The predicted octanol–water partition coefficient (Wildman–Crippen LogP) is 2.38. The normalized spacial score (nSPS) is 10.5. The van der Waals surface area contributed by atoms with Gasteiger partial charge in [0.2, 0.25) is 0 Å².